The van der Waals surface area contributed by atoms with E-state index >= 15 is 0 Å². The molecule has 0 aromatic heterocycles. The van der Waals surface area contributed by atoms with Crippen molar-refractivity contribution in [1.29, 1.82) is 0 Å². The summed E-state index contributed by atoms with van der Waals surface area (Å²) in [6, 6.07) is 19.2. The zero-order valence-corrected chi connectivity index (χ0v) is 20.7. The van der Waals surface area contributed by atoms with Gasteiger partial charge < -0.3 is 14.5 Å². The van der Waals surface area contributed by atoms with Crippen molar-refractivity contribution in [2.75, 3.05) is 33.7 Å². The highest BCUT2D eigenvalue weighted by molar-refractivity contribution is 5.87. The molecule has 33 heavy (non-hydrogen) atoms. The summed E-state index contributed by atoms with van der Waals surface area (Å²) < 4.78 is 0.974. The average molecular weight is 450 g/mol. The molecular formula is C29H41N2O2+. The molecule has 2 aromatic carbocycles. The molecule has 2 fully saturated rings. The number of hydrogen-bond acceptors (Lipinski definition) is 2. The van der Waals surface area contributed by atoms with Gasteiger partial charge in [-0.3, -0.25) is 4.79 Å². The molecular weight excluding hydrogens is 408 g/mol. The van der Waals surface area contributed by atoms with Crippen LogP contribution in [0.25, 0.3) is 0 Å². The fourth-order valence-electron chi connectivity index (χ4n) is 6.01. The normalized spacial score (nSPS) is 20.1. The quantitative estimate of drug-likeness (QED) is 0.624. The maximum Gasteiger partial charge on any atom is 0.259 e. The Balaban J connectivity index is 1.43. The maximum atomic E-state index is 13.9. The molecule has 2 aromatic rings. The first-order chi connectivity index (χ1) is 15.8. The van der Waals surface area contributed by atoms with Gasteiger partial charge in [-0.2, -0.15) is 0 Å². The summed E-state index contributed by atoms with van der Waals surface area (Å²) in [7, 11) is 4.65. The highest BCUT2D eigenvalue weighted by atomic mass is 16.3. The molecule has 2 aliphatic rings. The van der Waals surface area contributed by atoms with Crippen LogP contribution in [0.1, 0.15) is 55.2 Å². The molecule has 1 atom stereocenters. The number of hydrogen-bond donors (Lipinski definition) is 1. The molecule has 4 nitrogen and oxygen atoms in total. The number of amides is 1. The lowest BCUT2D eigenvalue weighted by atomic mass is 9.78. The van der Waals surface area contributed by atoms with E-state index in [9.17, 15) is 9.90 Å². The second-order valence-electron chi connectivity index (χ2n) is 10.9. The fourth-order valence-corrected chi connectivity index (χ4v) is 6.01. The molecule has 0 spiro atoms. The molecule has 4 rings (SSSR count). The average Bonchev–Trinajstić information content (AvgIpc) is 3.38. The van der Waals surface area contributed by atoms with Crippen molar-refractivity contribution in [3.05, 3.63) is 71.3 Å². The first kappa shape index (κ1) is 24.0. The minimum atomic E-state index is -1.40. The number of likely N-dealkylation sites (tertiary alicyclic amines) is 1. The van der Waals surface area contributed by atoms with Crippen molar-refractivity contribution in [2.24, 2.45) is 5.92 Å². The van der Waals surface area contributed by atoms with Crippen LogP contribution in [0.15, 0.2) is 54.6 Å². The van der Waals surface area contributed by atoms with E-state index in [1.54, 1.807) is 0 Å². The molecule has 4 heteroatoms. The predicted octanol–water partition coefficient (Wildman–Crippen LogP) is 4.68. The highest BCUT2D eigenvalue weighted by Gasteiger charge is 2.49. The Labute approximate surface area is 199 Å². The van der Waals surface area contributed by atoms with Gasteiger partial charge >= 0.3 is 0 Å². The lowest BCUT2D eigenvalue weighted by molar-refractivity contribution is -0.916. The van der Waals surface area contributed by atoms with Crippen molar-refractivity contribution < 1.29 is 14.4 Å². The smallest absolute Gasteiger partial charge is 0.259 e. The largest absolute Gasteiger partial charge is 0.375 e. The fraction of sp³-hybridized carbons (Fsp3) is 0.552. The van der Waals surface area contributed by atoms with E-state index < -0.39 is 5.60 Å². The highest BCUT2D eigenvalue weighted by Crippen LogP contribution is 2.42. The topological polar surface area (TPSA) is 40.5 Å². The number of likely N-dealkylation sites (N-methyl/N-ethyl adjacent to an activating group) is 1. The van der Waals surface area contributed by atoms with Crippen LogP contribution in [-0.4, -0.2) is 60.2 Å². The molecule has 1 N–H and O–H groups in total. The Morgan fingerprint density at radius 3 is 2.30 bits per heavy atom. The minimum Gasteiger partial charge on any atom is -0.375 e. The number of carbonyl (C=O) groups excluding carboxylic acids is 1. The van der Waals surface area contributed by atoms with Crippen LogP contribution in [0.5, 0.6) is 0 Å². The summed E-state index contributed by atoms with van der Waals surface area (Å²) in [4.78, 5) is 15.8. The van der Waals surface area contributed by atoms with Gasteiger partial charge in [0.1, 0.15) is 0 Å². The Morgan fingerprint density at radius 2 is 1.67 bits per heavy atom. The summed E-state index contributed by atoms with van der Waals surface area (Å²) in [5.74, 6) is -0.0596. The van der Waals surface area contributed by atoms with Crippen LogP contribution in [0.3, 0.4) is 0 Å². The third-order valence-corrected chi connectivity index (χ3v) is 8.29. The summed E-state index contributed by atoms with van der Waals surface area (Å²) in [5, 5.41) is 12.0. The summed E-state index contributed by atoms with van der Waals surface area (Å²) in [5.41, 5.74) is 1.86. The van der Waals surface area contributed by atoms with Crippen LogP contribution in [0.2, 0.25) is 0 Å². The Kier molecular flexibility index (Phi) is 7.25. The first-order valence-corrected chi connectivity index (χ1v) is 12.8. The molecule has 0 radical (unpaired) electrons. The van der Waals surface area contributed by atoms with Gasteiger partial charge in [0, 0.05) is 38.3 Å². The van der Waals surface area contributed by atoms with Crippen molar-refractivity contribution in [3.63, 3.8) is 0 Å². The molecule has 1 unspecified atom stereocenters. The number of aliphatic hydroxyl groups is 1. The Morgan fingerprint density at radius 1 is 1.00 bits per heavy atom. The van der Waals surface area contributed by atoms with Crippen molar-refractivity contribution in [1.82, 2.24) is 4.90 Å². The van der Waals surface area contributed by atoms with E-state index in [4.69, 9.17) is 0 Å². The number of piperidine rings is 1. The number of nitrogens with zero attached hydrogens (tertiary/aromatic N) is 2. The third kappa shape index (κ3) is 5.17. The lowest BCUT2D eigenvalue weighted by Gasteiger charge is -2.45. The number of rotatable bonds is 7. The summed E-state index contributed by atoms with van der Waals surface area (Å²) >= 11 is 0. The van der Waals surface area contributed by atoms with Gasteiger partial charge in [-0.25, -0.2) is 0 Å². The van der Waals surface area contributed by atoms with E-state index in [2.05, 4.69) is 44.4 Å². The van der Waals surface area contributed by atoms with Crippen LogP contribution >= 0.6 is 0 Å². The van der Waals surface area contributed by atoms with Gasteiger partial charge in [-0.15, -0.1) is 0 Å². The van der Waals surface area contributed by atoms with Gasteiger partial charge in [0.05, 0.1) is 26.7 Å². The predicted molar refractivity (Wildman–Crippen MR) is 134 cm³/mol. The van der Waals surface area contributed by atoms with Gasteiger partial charge in [0.2, 0.25) is 0 Å². The van der Waals surface area contributed by atoms with E-state index in [1.807, 2.05) is 36.1 Å². The van der Waals surface area contributed by atoms with Crippen LogP contribution < -0.4 is 0 Å². The summed E-state index contributed by atoms with van der Waals surface area (Å²) in [6.07, 6.45) is 7.10. The Hall–Kier alpha value is -2.17. The Bertz CT molecular complexity index is 928. The molecule has 1 heterocycles. The standard InChI is InChI=1S/C29H41N2O2/c1-23-10-9-15-26(22-23)29(33,25-13-7-8-14-25)28(32)30-19-16-27(17-20-30)31(2,3)21-18-24-11-5-4-6-12-24/h4-6,9-12,15,22,25,27,33H,7-8,13-14,16-21H2,1-3H3/q+1. The molecule has 1 aliphatic carbocycles. The third-order valence-electron chi connectivity index (χ3n) is 8.29. The van der Waals surface area contributed by atoms with Crippen LogP contribution in [0.4, 0.5) is 0 Å². The summed E-state index contributed by atoms with van der Waals surface area (Å²) in [6.45, 7) is 4.59. The first-order valence-electron chi connectivity index (χ1n) is 12.8. The van der Waals surface area contributed by atoms with E-state index in [0.29, 0.717) is 6.04 Å². The molecule has 1 saturated heterocycles. The maximum absolute atomic E-state index is 13.9. The van der Waals surface area contributed by atoms with Crippen LogP contribution in [-0.2, 0) is 16.8 Å². The van der Waals surface area contributed by atoms with E-state index in [0.717, 1.165) is 80.2 Å². The number of carbonyl (C=O) groups is 1. The van der Waals surface area contributed by atoms with Gasteiger partial charge in [-0.05, 0) is 30.9 Å². The second kappa shape index (κ2) is 9.99. The van der Waals surface area contributed by atoms with Crippen molar-refractivity contribution in [2.45, 2.75) is 63.5 Å². The molecule has 1 amide bonds. The zero-order valence-electron chi connectivity index (χ0n) is 20.7. The number of aryl methyl sites for hydroxylation is 1. The zero-order chi connectivity index (χ0) is 23.5. The molecule has 0 bridgehead atoms. The number of quaternary nitrogens is 1. The SMILES string of the molecule is Cc1cccc(C(O)(C(=O)N2CCC([N+](C)(C)CCc3ccccc3)CC2)C2CCCC2)c1. The van der Waals surface area contributed by atoms with E-state index in [1.165, 1.54) is 5.56 Å². The minimum absolute atomic E-state index is 0.0163. The van der Waals surface area contributed by atoms with Crippen LogP contribution in [0, 0.1) is 12.8 Å². The second-order valence-corrected chi connectivity index (χ2v) is 10.9. The van der Waals surface area contributed by atoms with E-state index in [-0.39, 0.29) is 11.8 Å². The van der Waals surface area contributed by atoms with Gasteiger partial charge in [0.15, 0.2) is 5.60 Å². The van der Waals surface area contributed by atoms with Gasteiger partial charge in [-0.1, -0.05) is 73.0 Å². The molecule has 178 valence electrons. The monoisotopic (exact) mass is 449 g/mol. The lowest BCUT2D eigenvalue weighted by Crippen LogP contribution is -2.58. The molecule has 1 aliphatic heterocycles. The number of benzene rings is 2. The van der Waals surface area contributed by atoms with Crippen molar-refractivity contribution in [3.8, 4) is 0 Å². The molecule has 1 saturated carbocycles. The van der Waals surface area contributed by atoms with Gasteiger partial charge in [0.25, 0.3) is 5.91 Å². The van der Waals surface area contributed by atoms with Crippen molar-refractivity contribution >= 4 is 5.91 Å².